The standard InChI is InChI=1S/C40H56FN2O9P/c1-25(2)43(26(3)4)24-30-20-29(16-17-32(30)33-22-35(48-12)42-23-34(33)41)38(46)50-31-15-13-14-28(21-31)36(44)27(5)37(45)49-18-19-53(47,51-39(6,7)8)52-40(9,10)11/h13-17,20-23,25-27,36,44H,18-19,24H2,1-12H3/t27-,36+/m0/s1. The van der Waals surface area contributed by atoms with Crippen LogP contribution in [0.25, 0.3) is 11.1 Å². The third kappa shape index (κ3) is 13.0. The lowest BCUT2D eigenvalue weighted by molar-refractivity contribution is -0.151. The zero-order valence-electron chi connectivity index (χ0n) is 33.1. The molecule has 1 heterocycles. The molecule has 292 valence electrons. The van der Waals surface area contributed by atoms with Crippen molar-refractivity contribution in [3.05, 3.63) is 77.2 Å². The van der Waals surface area contributed by atoms with E-state index < -0.39 is 48.6 Å². The van der Waals surface area contributed by atoms with Gasteiger partial charge in [0.1, 0.15) is 18.2 Å². The Labute approximate surface area is 313 Å². The van der Waals surface area contributed by atoms with Gasteiger partial charge in [0, 0.05) is 30.3 Å². The van der Waals surface area contributed by atoms with Crippen molar-refractivity contribution < 1.29 is 46.9 Å². The van der Waals surface area contributed by atoms with Gasteiger partial charge in [0.05, 0.1) is 48.3 Å². The lowest BCUT2D eigenvalue weighted by Crippen LogP contribution is -2.36. The minimum absolute atomic E-state index is 0.147. The normalized spacial score (nSPS) is 13.7. The smallest absolute Gasteiger partial charge is 0.343 e. The van der Waals surface area contributed by atoms with Crippen molar-refractivity contribution in [3.8, 4) is 22.8 Å². The van der Waals surface area contributed by atoms with E-state index in [2.05, 4.69) is 37.6 Å². The van der Waals surface area contributed by atoms with Crippen molar-refractivity contribution in [1.29, 1.82) is 0 Å². The molecule has 0 fully saturated rings. The Bertz CT molecular complexity index is 1740. The number of carbonyl (C=O) groups excluding carboxylic acids is 2. The first-order chi connectivity index (χ1) is 24.5. The van der Waals surface area contributed by atoms with Crippen molar-refractivity contribution in [1.82, 2.24) is 9.88 Å². The van der Waals surface area contributed by atoms with Gasteiger partial charge in [-0.3, -0.25) is 14.3 Å². The summed E-state index contributed by atoms with van der Waals surface area (Å²) in [6.07, 6.45) is -0.362. The maximum Gasteiger partial charge on any atom is 0.343 e. The molecule has 0 aliphatic rings. The molecule has 0 saturated carbocycles. The molecule has 13 heteroatoms. The Morgan fingerprint density at radius 3 is 2.09 bits per heavy atom. The van der Waals surface area contributed by atoms with E-state index in [0.29, 0.717) is 28.8 Å². The summed E-state index contributed by atoms with van der Waals surface area (Å²) in [5, 5.41) is 11.1. The Morgan fingerprint density at radius 2 is 1.53 bits per heavy atom. The van der Waals surface area contributed by atoms with Crippen LogP contribution in [-0.2, 0) is 29.7 Å². The van der Waals surface area contributed by atoms with E-state index in [0.717, 1.165) is 6.20 Å². The van der Waals surface area contributed by atoms with Crippen LogP contribution in [0.4, 0.5) is 4.39 Å². The van der Waals surface area contributed by atoms with Gasteiger partial charge in [-0.25, -0.2) is 14.2 Å². The number of nitrogens with zero attached hydrogens (tertiary/aromatic N) is 2. The number of hydrogen-bond donors (Lipinski definition) is 1. The second-order valence-corrected chi connectivity index (χ2v) is 17.6. The molecule has 0 bridgehead atoms. The summed E-state index contributed by atoms with van der Waals surface area (Å²) in [5.74, 6) is -2.52. The van der Waals surface area contributed by atoms with E-state index in [4.69, 9.17) is 23.3 Å². The summed E-state index contributed by atoms with van der Waals surface area (Å²) < 4.78 is 56.4. The third-order valence-electron chi connectivity index (χ3n) is 8.04. The summed E-state index contributed by atoms with van der Waals surface area (Å²) in [6.45, 7) is 20.5. The molecule has 3 aromatic rings. The van der Waals surface area contributed by atoms with Crippen molar-refractivity contribution in [2.24, 2.45) is 5.92 Å². The minimum atomic E-state index is -3.63. The fraction of sp³-hybridized carbons (Fsp3) is 0.525. The molecular formula is C40H56FN2O9P. The van der Waals surface area contributed by atoms with Gasteiger partial charge >= 0.3 is 19.5 Å². The molecule has 11 nitrogen and oxygen atoms in total. The number of hydrogen-bond acceptors (Lipinski definition) is 11. The predicted octanol–water partition coefficient (Wildman–Crippen LogP) is 8.77. The monoisotopic (exact) mass is 758 g/mol. The average molecular weight is 759 g/mol. The van der Waals surface area contributed by atoms with Gasteiger partial charge in [-0.2, -0.15) is 0 Å². The van der Waals surface area contributed by atoms with Crippen LogP contribution in [0.5, 0.6) is 11.6 Å². The molecule has 2 atom stereocenters. The number of aliphatic hydroxyl groups excluding tert-OH is 1. The SMILES string of the molecule is COc1cc(-c2ccc(C(=O)Oc3cccc([C@H](O)[C@H](C)C(=O)OCCP(=O)(OC(C)(C)C)OC(C)(C)C)c3)cc2CN(C(C)C)C(C)C)c(F)cn1. The summed E-state index contributed by atoms with van der Waals surface area (Å²) in [5.41, 5.74) is 0.625. The molecule has 0 amide bonds. The van der Waals surface area contributed by atoms with Crippen LogP contribution in [0.3, 0.4) is 0 Å². The molecule has 0 unspecified atom stereocenters. The number of benzene rings is 2. The zero-order chi connectivity index (χ0) is 39.9. The van der Waals surface area contributed by atoms with Gasteiger partial charge in [0.2, 0.25) is 5.88 Å². The molecule has 0 spiro atoms. The van der Waals surface area contributed by atoms with E-state index in [-0.39, 0.29) is 42.0 Å². The van der Waals surface area contributed by atoms with Crippen molar-refractivity contribution in [2.45, 2.75) is 112 Å². The quantitative estimate of drug-likeness (QED) is 0.0854. The van der Waals surface area contributed by atoms with E-state index in [1.54, 1.807) is 77.9 Å². The number of pyridine rings is 1. The fourth-order valence-electron chi connectivity index (χ4n) is 5.69. The van der Waals surface area contributed by atoms with Gasteiger partial charge in [0.15, 0.2) is 0 Å². The number of ether oxygens (including phenoxy) is 3. The van der Waals surface area contributed by atoms with Gasteiger partial charge in [-0.05, 0) is 117 Å². The number of aliphatic hydroxyl groups is 1. The first-order valence-corrected chi connectivity index (χ1v) is 19.5. The van der Waals surface area contributed by atoms with Crippen LogP contribution < -0.4 is 9.47 Å². The van der Waals surface area contributed by atoms with Crippen LogP contribution in [0.2, 0.25) is 0 Å². The van der Waals surface area contributed by atoms with Crippen molar-refractivity contribution in [2.75, 3.05) is 19.9 Å². The summed E-state index contributed by atoms with van der Waals surface area (Å²) in [6, 6.07) is 13.0. The number of methoxy groups -OCH3 is 1. The molecule has 0 aliphatic carbocycles. The molecule has 1 aromatic heterocycles. The second-order valence-electron chi connectivity index (χ2n) is 15.5. The van der Waals surface area contributed by atoms with Crippen LogP contribution in [-0.4, -0.2) is 70.1 Å². The highest BCUT2D eigenvalue weighted by Crippen LogP contribution is 2.54. The summed E-state index contributed by atoms with van der Waals surface area (Å²) >= 11 is 0. The predicted molar refractivity (Wildman–Crippen MR) is 203 cm³/mol. The Balaban J connectivity index is 1.79. The van der Waals surface area contributed by atoms with Gasteiger partial charge in [-0.1, -0.05) is 18.2 Å². The van der Waals surface area contributed by atoms with Crippen LogP contribution in [0.15, 0.2) is 54.7 Å². The second kappa shape index (κ2) is 18.1. The molecule has 2 aromatic carbocycles. The van der Waals surface area contributed by atoms with Crippen LogP contribution in [0, 0.1) is 11.7 Å². The summed E-state index contributed by atoms with van der Waals surface area (Å²) in [7, 11) is -2.18. The van der Waals surface area contributed by atoms with Crippen molar-refractivity contribution >= 4 is 19.5 Å². The number of halogens is 1. The zero-order valence-corrected chi connectivity index (χ0v) is 34.0. The topological polar surface area (TPSA) is 134 Å². The molecule has 53 heavy (non-hydrogen) atoms. The van der Waals surface area contributed by atoms with E-state index in [1.807, 2.05) is 0 Å². The molecule has 1 N–H and O–H groups in total. The number of aromatic nitrogens is 1. The fourth-order valence-corrected chi connectivity index (χ4v) is 7.89. The first kappa shape index (κ1) is 43.7. The molecule has 3 rings (SSSR count). The number of esters is 2. The highest BCUT2D eigenvalue weighted by atomic mass is 31.2. The van der Waals surface area contributed by atoms with Gasteiger partial charge < -0.3 is 28.4 Å². The van der Waals surface area contributed by atoms with Crippen molar-refractivity contribution in [3.63, 3.8) is 0 Å². The van der Waals surface area contributed by atoms with Crippen LogP contribution >= 0.6 is 7.60 Å². The van der Waals surface area contributed by atoms with E-state index in [9.17, 15) is 19.3 Å². The van der Waals surface area contributed by atoms with Crippen LogP contribution in [0.1, 0.15) is 104 Å². The lowest BCUT2D eigenvalue weighted by Gasteiger charge is -2.32. The Hall–Kier alpha value is -3.67. The summed E-state index contributed by atoms with van der Waals surface area (Å²) in [4.78, 5) is 32.7. The van der Waals surface area contributed by atoms with Gasteiger partial charge in [-0.15, -0.1) is 0 Å². The number of rotatable bonds is 16. The number of carbonyl (C=O) groups is 2. The maximum atomic E-state index is 15.1. The molecular weight excluding hydrogens is 702 g/mol. The highest BCUT2D eigenvalue weighted by molar-refractivity contribution is 7.53. The molecule has 0 aliphatic heterocycles. The first-order valence-electron chi connectivity index (χ1n) is 17.8. The Morgan fingerprint density at radius 1 is 0.906 bits per heavy atom. The molecule has 0 radical (unpaired) electrons. The largest absolute Gasteiger partial charge is 0.481 e. The third-order valence-corrected chi connectivity index (χ3v) is 10.4. The Kier molecular flexibility index (Phi) is 14.9. The van der Waals surface area contributed by atoms with E-state index >= 15 is 4.39 Å². The van der Waals surface area contributed by atoms with Gasteiger partial charge in [0.25, 0.3) is 0 Å². The average Bonchev–Trinajstić information content (AvgIpc) is 3.04. The highest BCUT2D eigenvalue weighted by Gasteiger charge is 2.36. The van der Waals surface area contributed by atoms with E-state index in [1.165, 1.54) is 26.2 Å². The lowest BCUT2D eigenvalue weighted by atomic mass is 9.96. The molecule has 0 saturated heterocycles. The minimum Gasteiger partial charge on any atom is -0.481 e. The maximum absolute atomic E-state index is 15.1.